The van der Waals surface area contributed by atoms with Gasteiger partial charge in [0.1, 0.15) is 9.84 Å². The summed E-state index contributed by atoms with van der Waals surface area (Å²) in [5.41, 5.74) is 0.153. The van der Waals surface area contributed by atoms with Gasteiger partial charge in [-0.25, -0.2) is 8.42 Å². The molecule has 1 N–H and O–H groups in total. The van der Waals surface area contributed by atoms with E-state index in [9.17, 15) is 8.42 Å². The fraction of sp³-hybridized carbons (Fsp3) is 1.00. The van der Waals surface area contributed by atoms with Gasteiger partial charge in [0.2, 0.25) is 0 Å². The van der Waals surface area contributed by atoms with Crippen molar-refractivity contribution in [1.82, 2.24) is 5.32 Å². The average Bonchev–Trinajstić information content (AvgIpc) is 2.16. The first-order valence-electron chi connectivity index (χ1n) is 6.14. The summed E-state index contributed by atoms with van der Waals surface area (Å²) in [5, 5.41) is 3.47. The Morgan fingerprint density at radius 1 is 1.25 bits per heavy atom. The van der Waals surface area contributed by atoms with Crippen LogP contribution in [-0.2, 0) is 9.84 Å². The van der Waals surface area contributed by atoms with Crippen LogP contribution in [-0.4, -0.2) is 33.0 Å². The molecule has 0 aliphatic carbocycles. The van der Waals surface area contributed by atoms with Crippen LogP contribution >= 0.6 is 0 Å². The fourth-order valence-electron chi connectivity index (χ4n) is 1.67. The lowest BCUT2D eigenvalue weighted by molar-refractivity contribution is 0.226. The van der Waals surface area contributed by atoms with E-state index in [1.165, 1.54) is 6.26 Å². The van der Waals surface area contributed by atoms with Crippen molar-refractivity contribution < 1.29 is 8.42 Å². The summed E-state index contributed by atoms with van der Waals surface area (Å²) >= 11 is 0. The molecule has 0 saturated heterocycles. The van der Waals surface area contributed by atoms with Crippen molar-refractivity contribution >= 4 is 9.84 Å². The molecule has 0 amide bonds. The second-order valence-electron chi connectivity index (χ2n) is 5.27. The lowest BCUT2D eigenvalue weighted by Gasteiger charge is -2.34. The van der Waals surface area contributed by atoms with Gasteiger partial charge in [-0.2, -0.15) is 0 Å². The van der Waals surface area contributed by atoms with Gasteiger partial charge in [-0.3, -0.25) is 0 Å². The third-order valence-corrected chi connectivity index (χ3v) is 4.25. The average molecular weight is 249 g/mol. The monoisotopic (exact) mass is 249 g/mol. The van der Waals surface area contributed by atoms with E-state index in [0.29, 0.717) is 6.42 Å². The Balaban J connectivity index is 4.43. The molecule has 98 valence electrons. The zero-order valence-electron chi connectivity index (χ0n) is 11.3. The van der Waals surface area contributed by atoms with Gasteiger partial charge in [0, 0.05) is 12.3 Å². The number of rotatable bonds is 8. The Bertz CT molecular complexity index is 283. The maximum atomic E-state index is 11.2. The minimum Gasteiger partial charge on any atom is -0.313 e. The smallest absolute Gasteiger partial charge is 0.147 e. The molecule has 0 radical (unpaired) electrons. The molecule has 0 aromatic heterocycles. The Morgan fingerprint density at radius 3 is 2.19 bits per heavy atom. The predicted octanol–water partition coefficient (Wildman–Crippen LogP) is 2.23. The van der Waals surface area contributed by atoms with Gasteiger partial charge in [-0.15, -0.1) is 0 Å². The van der Waals surface area contributed by atoms with Gasteiger partial charge in [0.25, 0.3) is 0 Å². The van der Waals surface area contributed by atoms with E-state index in [1.807, 2.05) is 0 Å². The second kappa shape index (κ2) is 6.60. The van der Waals surface area contributed by atoms with Crippen LogP contribution in [0.1, 0.15) is 47.0 Å². The lowest BCUT2D eigenvalue weighted by atomic mass is 9.80. The lowest BCUT2D eigenvalue weighted by Crippen LogP contribution is -2.43. The van der Waals surface area contributed by atoms with Crippen LogP contribution in [0.5, 0.6) is 0 Å². The number of hydrogen-bond donors (Lipinski definition) is 1. The van der Waals surface area contributed by atoms with Crippen LogP contribution < -0.4 is 5.32 Å². The molecule has 0 bridgehead atoms. The summed E-state index contributed by atoms with van der Waals surface area (Å²) in [6.45, 7) is 9.63. The van der Waals surface area contributed by atoms with Crippen LogP contribution in [0.25, 0.3) is 0 Å². The van der Waals surface area contributed by atoms with E-state index in [-0.39, 0.29) is 17.2 Å². The molecule has 0 aromatic carbocycles. The van der Waals surface area contributed by atoms with Crippen molar-refractivity contribution in [2.24, 2.45) is 5.41 Å². The van der Waals surface area contributed by atoms with Crippen LogP contribution in [0.3, 0.4) is 0 Å². The summed E-state index contributed by atoms with van der Waals surface area (Å²) in [6.07, 6.45) is 4.15. The summed E-state index contributed by atoms with van der Waals surface area (Å²) in [7, 11) is -2.85. The maximum Gasteiger partial charge on any atom is 0.147 e. The molecule has 1 unspecified atom stereocenters. The molecular weight excluding hydrogens is 222 g/mol. The molecule has 0 aliphatic heterocycles. The van der Waals surface area contributed by atoms with Gasteiger partial charge >= 0.3 is 0 Å². The molecule has 3 nitrogen and oxygen atoms in total. The maximum absolute atomic E-state index is 11.2. The first kappa shape index (κ1) is 15.9. The normalized spacial score (nSPS) is 15.1. The van der Waals surface area contributed by atoms with Gasteiger partial charge in [-0.05, 0) is 31.2 Å². The van der Waals surface area contributed by atoms with E-state index in [4.69, 9.17) is 0 Å². The third kappa shape index (κ3) is 6.48. The molecule has 0 aliphatic rings. The van der Waals surface area contributed by atoms with E-state index in [0.717, 1.165) is 19.4 Å². The minimum atomic E-state index is -2.85. The van der Waals surface area contributed by atoms with Gasteiger partial charge in [-0.1, -0.05) is 27.7 Å². The Kier molecular flexibility index (Phi) is 6.56. The highest BCUT2D eigenvalue weighted by molar-refractivity contribution is 7.90. The highest BCUT2D eigenvalue weighted by atomic mass is 32.2. The molecule has 0 heterocycles. The second-order valence-corrected chi connectivity index (χ2v) is 7.53. The molecular formula is C12H27NO2S. The van der Waals surface area contributed by atoms with Gasteiger partial charge in [0.15, 0.2) is 0 Å². The quantitative estimate of drug-likeness (QED) is 0.717. The number of nitrogens with one attached hydrogen (secondary N) is 1. The van der Waals surface area contributed by atoms with Crippen molar-refractivity contribution in [3.63, 3.8) is 0 Å². The van der Waals surface area contributed by atoms with Crippen LogP contribution in [0.2, 0.25) is 0 Å². The molecule has 0 saturated carbocycles. The van der Waals surface area contributed by atoms with Gasteiger partial charge in [0.05, 0.1) is 5.75 Å². The zero-order valence-corrected chi connectivity index (χ0v) is 12.2. The van der Waals surface area contributed by atoms with E-state index in [1.54, 1.807) is 0 Å². The first-order valence-corrected chi connectivity index (χ1v) is 8.20. The van der Waals surface area contributed by atoms with Crippen LogP contribution in [0, 0.1) is 5.41 Å². The van der Waals surface area contributed by atoms with Crippen molar-refractivity contribution in [3.8, 4) is 0 Å². The molecule has 0 fully saturated rings. The fourth-order valence-corrected chi connectivity index (χ4v) is 2.33. The molecule has 1 atom stereocenters. The molecule has 0 rings (SSSR count). The zero-order chi connectivity index (χ0) is 12.8. The van der Waals surface area contributed by atoms with Crippen molar-refractivity contribution in [2.75, 3.05) is 18.6 Å². The van der Waals surface area contributed by atoms with Crippen molar-refractivity contribution in [2.45, 2.75) is 53.0 Å². The standard InChI is InChI=1S/C12H27NO2S/c1-6-9-13-11(12(3,4)7-2)8-10-16(5,14)15/h11,13H,6-10H2,1-5H3. The van der Waals surface area contributed by atoms with Gasteiger partial charge < -0.3 is 5.32 Å². The third-order valence-electron chi connectivity index (χ3n) is 3.27. The van der Waals surface area contributed by atoms with Crippen LogP contribution in [0.4, 0.5) is 0 Å². The Morgan fingerprint density at radius 2 is 1.81 bits per heavy atom. The molecule has 16 heavy (non-hydrogen) atoms. The largest absolute Gasteiger partial charge is 0.313 e. The minimum absolute atomic E-state index is 0.153. The highest BCUT2D eigenvalue weighted by Gasteiger charge is 2.27. The molecule has 0 spiro atoms. The Hall–Kier alpha value is -0.0900. The summed E-state index contributed by atoms with van der Waals surface area (Å²) in [6, 6.07) is 0.284. The topological polar surface area (TPSA) is 46.2 Å². The van der Waals surface area contributed by atoms with E-state index < -0.39 is 9.84 Å². The summed E-state index contributed by atoms with van der Waals surface area (Å²) < 4.78 is 22.4. The predicted molar refractivity (Wildman–Crippen MR) is 70.5 cm³/mol. The number of sulfone groups is 1. The summed E-state index contributed by atoms with van der Waals surface area (Å²) in [5.74, 6) is 0.276. The molecule has 4 heteroatoms. The first-order chi connectivity index (χ1) is 7.23. The van der Waals surface area contributed by atoms with Crippen molar-refractivity contribution in [1.29, 1.82) is 0 Å². The van der Waals surface area contributed by atoms with Crippen LogP contribution in [0.15, 0.2) is 0 Å². The van der Waals surface area contributed by atoms with E-state index >= 15 is 0 Å². The molecule has 0 aromatic rings. The highest BCUT2D eigenvalue weighted by Crippen LogP contribution is 2.27. The number of hydrogen-bond acceptors (Lipinski definition) is 3. The SMILES string of the molecule is CCCNC(CCS(C)(=O)=O)C(C)(C)CC. The Labute approximate surface area is 101 Å². The van der Waals surface area contributed by atoms with E-state index in [2.05, 4.69) is 33.0 Å². The summed E-state index contributed by atoms with van der Waals surface area (Å²) in [4.78, 5) is 0. The van der Waals surface area contributed by atoms with Crippen molar-refractivity contribution in [3.05, 3.63) is 0 Å².